The van der Waals surface area contributed by atoms with Gasteiger partial charge in [0.05, 0.1) is 6.04 Å². The van der Waals surface area contributed by atoms with Crippen molar-refractivity contribution in [1.29, 1.82) is 0 Å². The lowest BCUT2D eigenvalue weighted by atomic mass is 10.0. The van der Waals surface area contributed by atoms with E-state index in [0.29, 0.717) is 25.2 Å². The van der Waals surface area contributed by atoms with Gasteiger partial charge in [-0.05, 0) is 72.7 Å². The van der Waals surface area contributed by atoms with E-state index in [1.807, 2.05) is 63.2 Å². The van der Waals surface area contributed by atoms with E-state index in [4.69, 9.17) is 15.7 Å². The SMILES string of the molecule is Cc1[nH]c2ccccc2c1CCN(Cc1ccc(/C=C/C(=O)NO)cc1)C(=O)OCc1ccc(NC(=O)[C@@H](C)NC(=O)[C@H](N)C(C)C)cc1. The van der Waals surface area contributed by atoms with Crippen LogP contribution in [0.4, 0.5) is 10.5 Å². The maximum Gasteiger partial charge on any atom is 0.410 e. The molecule has 0 spiro atoms. The Morgan fingerprint density at radius 2 is 1.61 bits per heavy atom. The number of carbonyl (C=O) groups excluding carboxylic acids is 4. The molecule has 0 fully saturated rings. The molecule has 0 unspecified atom stereocenters. The fourth-order valence-electron chi connectivity index (χ4n) is 5.15. The van der Waals surface area contributed by atoms with Crippen LogP contribution in [-0.4, -0.2) is 57.5 Å². The molecule has 0 saturated carbocycles. The zero-order valence-corrected chi connectivity index (χ0v) is 28.2. The maximum atomic E-state index is 13.5. The summed E-state index contributed by atoms with van der Waals surface area (Å²) in [6.45, 7) is 8.00. The highest BCUT2D eigenvalue weighted by molar-refractivity contribution is 5.97. The number of hydroxylamine groups is 1. The number of nitrogens with zero attached hydrogens (tertiary/aromatic N) is 1. The predicted octanol–water partition coefficient (Wildman–Crippen LogP) is 4.80. The summed E-state index contributed by atoms with van der Waals surface area (Å²) in [4.78, 5) is 54.7. The first-order valence-electron chi connectivity index (χ1n) is 16.1. The Labute approximate surface area is 285 Å². The van der Waals surface area contributed by atoms with Crippen LogP contribution in [0.25, 0.3) is 17.0 Å². The lowest BCUT2D eigenvalue weighted by molar-refractivity contribution is -0.127. The zero-order valence-electron chi connectivity index (χ0n) is 28.2. The average molecular weight is 669 g/mol. The minimum Gasteiger partial charge on any atom is -0.445 e. The first-order chi connectivity index (χ1) is 23.4. The van der Waals surface area contributed by atoms with Gasteiger partial charge in [0.15, 0.2) is 0 Å². The number of H-pyrrole nitrogens is 1. The number of nitrogens with one attached hydrogen (secondary N) is 4. The van der Waals surface area contributed by atoms with E-state index in [9.17, 15) is 19.2 Å². The molecule has 2 atom stereocenters. The number of carbonyl (C=O) groups is 4. The second kappa shape index (κ2) is 17.1. The van der Waals surface area contributed by atoms with Crippen molar-refractivity contribution in [3.05, 3.63) is 107 Å². The fraction of sp³-hybridized carbons (Fsp3) is 0.297. The normalized spacial score (nSPS) is 12.5. The third kappa shape index (κ3) is 10.3. The Morgan fingerprint density at radius 1 is 0.939 bits per heavy atom. The smallest absolute Gasteiger partial charge is 0.410 e. The molecule has 1 heterocycles. The Balaban J connectivity index is 1.40. The molecule has 0 radical (unpaired) electrons. The molecule has 258 valence electrons. The number of ether oxygens (including phenoxy) is 1. The van der Waals surface area contributed by atoms with Gasteiger partial charge in [0.1, 0.15) is 12.6 Å². The van der Waals surface area contributed by atoms with Gasteiger partial charge in [0.25, 0.3) is 5.91 Å². The molecule has 0 aliphatic carbocycles. The number of anilines is 1. The molecule has 4 amide bonds. The van der Waals surface area contributed by atoms with Crippen LogP contribution < -0.4 is 21.8 Å². The van der Waals surface area contributed by atoms with Gasteiger partial charge in [-0.15, -0.1) is 0 Å². The molecule has 1 aromatic heterocycles. The second-order valence-electron chi connectivity index (χ2n) is 12.2. The molecule has 7 N–H and O–H groups in total. The van der Waals surface area contributed by atoms with Crippen molar-refractivity contribution in [2.45, 2.75) is 59.4 Å². The molecule has 49 heavy (non-hydrogen) atoms. The second-order valence-corrected chi connectivity index (χ2v) is 12.2. The third-order valence-corrected chi connectivity index (χ3v) is 8.16. The van der Waals surface area contributed by atoms with E-state index in [0.717, 1.165) is 38.9 Å². The lowest BCUT2D eigenvalue weighted by Gasteiger charge is -2.23. The highest BCUT2D eigenvalue weighted by Crippen LogP contribution is 2.23. The number of aromatic amines is 1. The van der Waals surface area contributed by atoms with Crippen LogP contribution in [-0.2, 0) is 38.7 Å². The van der Waals surface area contributed by atoms with Crippen molar-refractivity contribution < 1.29 is 29.1 Å². The van der Waals surface area contributed by atoms with Gasteiger partial charge in [-0.1, -0.05) is 68.4 Å². The van der Waals surface area contributed by atoms with Crippen molar-refractivity contribution in [2.24, 2.45) is 11.7 Å². The Morgan fingerprint density at radius 3 is 2.29 bits per heavy atom. The van der Waals surface area contributed by atoms with Gasteiger partial charge in [-0.3, -0.25) is 19.6 Å². The lowest BCUT2D eigenvalue weighted by Crippen LogP contribution is -2.50. The number of fused-ring (bicyclic) bond motifs is 1. The minimum atomic E-state index is -0.780. The van der Waals surface area contributed by atoms with Gasteiger partial charge in [-0.2, -0.15) is 0 Å². The molecule has 0 saturated heterocycles. The summed E-state index contributed by atoms with van der Waals surface area (Å²) in [5, 5.41) is 15.2. The van der Waals surface area contributed by atoms with Gasteiger partial charge >= 0.3 is 6.09 Å². The fourth-order valence-corrected chi connectivity index (χ4v) is 5.15. The van der Waals surface area contributed by atoms with E-state index >= 15 is 0 Å². The summed E-state index contributed by atoms with van der Waals surface area (Å²) in [6.07, 6.45) is 2.91. The number of nitrogens with two attached hydrogens (primary N) is 1. The molecule has 0 aliphatic rings. The molecule has 3 aromatic carbocycles. The zero-order chi connectivity index (χ0) is 35.5. The molecule has 12 heteroatoms. The molecule has 12 nitrogen and oxygen atoms in total. The summed E-state index contributed by atoms with van der Waals surface area (Å²) in [7, 11) is 0. The van der Waals surface area contributed by atoms with Crippen molar-refractivity contribution >= 4 is 46.5 Å². The minimum absolute atomic E-state index is 0.0197. The molecular weight excluding hydrogens is 624 g/mol. The number of hydrogen-bond donors (Lipinski definition) is 6. The summed E-state index contributed by atoms with van der Waals surface area (Å²) in [5.41, 5.74) is 13.5. The third-order valence-electron chi connectivity index (χ3n) is 8.16. The van der Waals surface area contributed by atoms with Crippen LogP contribution in [0, 0.1) is 12.8 Å². The van der Waals surface area contributed by atoms with Crippen LogP contribution in [0.2, 0.25) is 0 Å². The van der Waals surface area contributed by atoms with E-state index in [-0.39, 0.29) is 24.3 Å². The van der Waals surface area contributed by atoms with Crippen molar-refractivity contribution in [1.82, 2.24) is 20.7 Å². The van der Waals surface area contributed by atoms with Crippen molar-refractivity contribution in [2.75, 3.05) is 11.9 Å². The van der Waals surface area contributed by atoms with Crippen LogP contribution >= 0.6 is 0 Å². The van der Waals surface area contributed by atoms with E-state index in [2.05, 4.69) is 21.7 Å². The Bertz CT molecular complexity index is 1780. The maximum absolute atomic E-state index is 13.5. The Kier molecular flexibility index (Phi) is 12.7. The quantitative estimate of drug-likeness (QED) is 0.0634. The van der Waals surface area contributed by atoms with Crippen LogP contribution in [0.5, 0.6) is 0 Å². The monoisotopic (exact) mass is 668 g/mol. The Hall–Kier alpha value is -5.46. The summed E-state index contributed by atoms with van der Waals surface area (Å²) < 4.78 is 5.75. The van der Waals surface area contributed by atoms with Gasteiger partial charge in [-0.25, -0.2) is 10.3 Å². The summed E-state index contributed by atoms with van der Waals surface area (Å²) in [6, 6.07) is 20.9. The number of para-hydroxylation sites is 1. The van der Waals surface area contributed by atoms with Crippen molar-refractivity contribution in [3.63, 3.8) is 0 Å². The topological polar surface area (TPSA) is 179 Å². The average Bonchev–Trinajstić information content (AvgIpc) is 3.42. The molecule has 0 aliphatic heterocycles. The van der Waals surface area contributed by atoms with E-state index < -0.39 is 24.1 Å². The van der Waals surface area contributed by atoms with Crippen LogP contribution in [0.1, 0.15) is 48.7 Å². The van der Waals surface area contributed by atoms with E-state index in [1.165, 1.54) is 6.08 Å². The number of hydrogen-bond acceptors (Lipinski definition) is 7. The number of aromatic nitrogens is 1. The molecule has 4 aromatic rings. The standard InChI is InChI=1S/C37H44N6O6/c1-23(2)34(38)36(46)40-25(4)35(45)41-29-16-13-28(14-17-29)22-49-37(47)43(20-19-30-24(3)39-32-8-6-5-7-31(30)32)21-27-11-9-26(10-12-27)15-18-33(44)42-48/h5-18,23,25,34,39,48H,19-22,38H2,1-4H3,(H,40,46)(H,41,45)(H,42,44)/b18-15+/t25-,34-/m1/s1. The van der Waals surface area contributed by atoms with Crippen molar-refractivity contribution in [3.8, 4) is 0 Å². The largest absolute Gasteiger partial charge is 0.445 e. The van der Waals surface area contributed by atoms with Gasteiger partial charge in [0, 0.05) is 41.4 Å². The number of amides is 4. The van der Waals surface area contributed by atoms with E-state index in [1.54, 1.807) is 47.6 Å². The summed E-state index contributed by atoms with van der Waals surface area (Å²) in [5.74, 6) is -1.46. The number of benzene rings is 3. The molecule has 0 bridgehead atoms. The highest BCUT2D eigenvalue weighted by Gasteiger charge is 2.22. The number of rotatable bonds is 14. The van der Waals surface area contributed by atoms with Gasteiger partial charge < -0.3 is 31.0 Å². The summed E-state index contributed by atoms with van der Waals surface area (Å²) >= 11 is 0. The predicted molar refractivity (Wildman–Crippen MR) is 188 cm³/mol. The van der Waals surface area contributed by atoms with Gasteiger partial charge in [0.2, 0.25) is 11.8 Å². The number of aryl methyl sites for hydroxylation is 1. The van der Waals surface area contributed by atoms with Crippen LogP contribution in [0.15, 0.2) is 78.9 Å². The first kappa shape index (κ1) is 36.4. The molecule has 4 rings (SSSR count). The first-order valence-corrected chi connectivity index (χ1v) is 16.1. The van der Waals surface area contributed by atoms with Crippen LogP contribution in [0.3, 0.4) is 0 Å². The highest BCUT2D eigenvalue weighted by atomic mass is 16.6. The molecular formula is C37H44N6O6.